The summed E-state index contributed by atoms with van der Waals surface area (Å²) in [5, 5.41) is 0. The van der Waals surface area contributed by atoms with Gasteiger partial charge in [-0.25, -0.2) is 0 Å². The highest BCUT2D eigenvalue weighted by Crippen LogP contribution is 2.14. The standard InChI is InChI=1S/C13H22/c1-6-7-8-13(12(4)5)10-9-11(2)3/h9-10H,2,6-8H2,1,3-5H3/b10-9-. The predicted molar refractivity (Wildman–Crippen MR) is 61.9 cm³/mol. The summed E-state index contributed by atoms with van der Waals surface area (Å²) in [7, 11) is 0. The SMILES string of the molecule is C=C(C)/C=C\C(CCCC)=C(C)C. The summed E-state index contributed by atoms with van der Waals surface area (Å²) in [6, 6.07) is 0. The first-order valence-corrected chi connectivity index (χ1v) is 5.07. The number of hydrogen-bond acceptors (Lipinski definition) is 0. The minimum Gasteiger partial charge on any atom is -0.0961 e. The van der Waals surface area contributed by atoms with Crippen molar-refractivity contribution in [3.05, 3.63) is 35.5 Å². The number of rotatable bonds is 5. The van der Waals surface area contributed by atoms with E-state index in [1.54, 1.807) is 0 Å². The molecule has 0 saturated carbocycles. The topological polar surface area (TPSA) is 0 Å². The maximum atomic E-state index is 3.86. The molecule has 0 radical (unpaired) electrons. The molecule has 13 heavy (non-hydrogen) atoms. The quantitative estimate of drug-likeness (QED) is 0.538. The van der Waals surface area contributed by atoms with E-state index in [2.05, 4.69) is 39.5 Å². The number of allylic oxidation sites excluding steroid dienone is 5. The third kappa shape index (κ3) is 6.39. The van der Waals surface area contributed by atoms with Crippen LogP contribution in [0.1, 0.15) is 47.0 Å². The molecule has 0 saturated heterocycles. The molecule has 0 aliphatic rings. The largest absolute Gasteiger partial charge is 0.0961 e. The van der Waals surface area contributed by atoms with Gasteiger partial charge >= 0.3 is 0 Å². The van der Waals surface area contributed by atoms with Gasteiger partial charge in [0.05, 0.1) is 0 Å². The molecule has 0 nitrogen and oxygen atoms in total. The lowest BCUT2D eigenvalue weighted by molar-refractivity contribution is 0.792. The predicted octanol–water partition coefficient (Wildman–Crippen LogP) is 4.65. The van der Waals surface area contributed by atoms with Gasteiger partial charge < -0.3 is 0 Å². The smallest absolute Gasteiger partial charge is 0.0280 e. The van der Waals surface area contributed by atoms with Crippen molar-refractivity contribution in [1.29, 1.82) is 0 Å². The van der Waals surface area contributed by atoms with Gasteiger partial charge in [-0.3, -0.25) is 0 Å². The van der Waals surface area contributed by atoms with E-state index >= 15 is 0 Å². The molecule has 0 aliphatic heterocycles. The Balaban J connectivity index is 4.29. The second-order valence-corrected chi connectivity index (χ2v) is 3.81. The van der Waals surface area contributed by atoms with Crippen molar-refractivity contribution in [3.63, 3.8) is 0 Å². The van der Waals surface area contributed by atoms with Crippen LogP contribution in [-0.2, 0) is 0 Å². The van der Waals surface area contributed by atoms with Crippen molar-refractivity contribution in [2.45, 2.75) is 47.0 Å². The molecule has 0 aliphatic carbocycles. The highest BCUT2D eigenvalue weighted by Gasteiger charge is 1.94. The average molecular weight is 178 g/mol. The maximum Gasteiger partial charge on any atom is -0.0280 e. The van der Waals surface area contributed by atoms with E-state index in [0.717, 1.165) is 5.57 Å². The summed E-state index contributed by atoms with van der Waals surface area (Å²) < 4.78 is 0. The van der Waals surface area contributed by atoms with E-state index in [9.17, 15) is 0 Å². The van der Waals surface area contributed by atoms with Crippen LogP contribution < -0.4 is 0 Å². The van der Waals surface area contributed by atoms with E-state index < -0.39 is 0 Å². The van der Waals surface area contributed by atoms with E-state index in [4.69, 9.17) is 0 Å². The van der Waals surface area contributed by atoms with Crippen LogP contribution in [0, 0.1) is 0 Å². The van der Waals surface area contributed by atoms with Crippen molar-refractivity contribution < 1.29 is 0 Å². The molecule has 0 spiro atoms. The maximum absolute atomic E-state index is 3.86. The van der Waals surface area contributed by atoms with Crippen molar-refractivity contribution >= 4 is 0 Å². The fourth-order valence-electron chi connectivity index (χ4n) is 1.11. The lowest BCUT2D eigenvalue weighted by Gasteiger charge is -2.03. The van der Waals surface area contributed by atoms with Gasteiger partial charge in [0.15, 0.2) is 0 Å². The van der Waals surface area contributed by atoms with Gasteiger partial charge in [0.1, 0.15) is 0 Å². The van der Waals surface area contributed by atoms with E-state index in [1.807, 2.05) is 6.92 Å². The normalized spacial score (nSPS) is 10.5. The molecule has 0 bridgehead atoms. The van der Waals surface area contributed by atoms with Crippen molar-refractivity contribution in [3.8, 4) is 0 Å². The zero-order chi connectivity index (χ0) is 10.3. The Morgan fingerprint density at radius 3 is 2.15 bits per heavy atom. The molecular formula is C13H22. The molecular weight excluding hydrogens is 156 g/mol. The van der Waals surface area contributed by atoms with Crippen molar-refractivity contribution in [2.24, 2.45) is 0 Å². The highest BCUT2D eigenvalue weighted by atomic mass is 14.0. The Bertz CT molecular complexity index is 212. The third-order valence-electron chi connectivity index (χ3n) is 2.01. The van der Waals surface area contributed by atoms with E-state index in [0.29, 0.717) is 0 Å². The highest BCUT2D eigenvalue weighted by molar-refractivity contribution is 5.28. The molecule has 74 valence electrons. The zero-order valence-corrected chi connectivity index (χ0v) is 9.48. The minimum absolute atomic E-state index is 1.12. The molecule has 0 unspecified atom stereocenters. The second-order valence-electron chi connectivity index (χ2n) is 3.81. The minimum atomic E-state index is 1.12. The van der Waals surface area contributed by atoms with Crippen LogP contribution in [0.15, 0.2) is 35.5 Å². The molecule has 0 fully saturated rings. The fraction of sp³-hybridized carbons (Fsp3) is 0.538. The summed E-state index contributed by atoms with van der Waals surface area (Å²) in [6.45, 7) is 12.5. The Labute approximate surface area is 83.0 Å². The molecule has 0 rings (SSSR count). The lowest BCUT2D eigenvalue weighted by Crippen LogP contribution is -1.83. The van der Waals surface area contributed by atoms with Crippen LogP contribution in [-0.4, -0.2) is 0 Å². The zero-order valence-electron chi connectivity index (χ0n) is 9.48. The van der Waals surface area contributed by atoms with Crippen LogP contribution in [0.2, 0.25) is 0 Å². The first-order valence-electron chi connectivity index (χ1n) is 5.07. The third-order valence-corrected chi connectivity index (χ3v) is 2.01. The second kappa shape index (κ2) is 6.71. The molecule has 0 aromatic heterocycles. The summed E-state index contributed by atoms with van der Waals surface area (Å²) in [6.07, 6.45) is 8.03. The van der Waals surface area contributed by atoms with Gasteiger partial charge in [-0.15, -0.1) is 0 Å². The number of hydrogen-bond donors (Lipinski definition) is 0. The van der Waals surface area contributed by atoms with Gasteiger partial charge in [-0.2, -0.15) is 0 Å². The van der Waals surface area contributed by atoms with Crippen LogP contribution in [0.5, 0.6) is 0 Å². The fourth-order valence-corrected chi connectivity index (χ4v) is 1.11. The Kier molecular flexibility index (Phi) is 6.30. The van der Waals surface area contributed by atoms with Crippen LogP contribution in [0.3, 0.4) is 0 Å². The monoisotopic (exact) mass is 178 g/mol. The molecule has 0 amide bonds. The van der Waals surface area contributed by atoms with Gasteiger partial charge in [0.25, 0.3) is 0 Å². The molecule has 0 aromatic rings. The van der Waals surface area contributed by atoms with Gasteiger partial charge in [-0.05, 0) is 39.2 Å². The van der Waals surface area contributed by atoms with Crippen LogP contribution in [0.25, 0.3) is 0 Å². The van der Waals surface area contributed by atoms with Gasteiger partial charge in [0, 0.05) is 0 Å². The van der Waals surface area contributed by atoms with E-state index in [1.165, 1.54) is 30.4 Å². The first kappa shape index (κ1) is 12.2. The van der Waals surface area contributed by atoms with Gasteiger partial charge in [0.2, 0.25) is 0 Å². The Morgan fingerprint density at radius 2 is 1.77 bits per heavy atom. The summed E-state index contributed by atoms with van der Waals surface area (Å²) in [5.74, 6) is 0. The van der Waals surface area contributed by atoms with Gasteiger partial charge in [-0.1, -0.05) is 43.2 Å². The molecule has 0 heteroatoms. The Morgan fingerprint density at radius 1 is 1.15 bits per heavy atom. The van der Waals surface area contributed by atoms with Crippen LogP contribution in [0.4, 0.5) is 0 Å². The van der Waals surface area contributed by atoms with Crippen molar-refractivity contribution in [2.75, 3.05) is 0 Å². The lowest BCUT2D eigenvalue weighted by atomic mass is 10.0. The first-order chi connectivity index (χ1) is 6.07. The van der Waals surface area contributed by atoms with E-state index in [-0.39, 0.29) is 0 Å². The van der Waals surface area contributed by atoms with Crippen molar-refractivity contribution in [1.82, 2.24) is 0 Å². The average Bonchev–Trinajstić information content (AvgIpc) is 2.03. The summed E-state index contributed by atoms with van der Waals surface area (Å²) >= 11 is 0. The van der Waals surface area contributed by atoms with Crippen LogP contribution >= 0.6 is 0 Å². The molecule has 0 heterocycles. The molecule has 0 aromatic carbocycles. The molecule has 0 atom stereocenters. The summed E-state index contributed by atoms with van der Waals surface area (Å²) in [5.41, 5.74) is 4.01. The summed E-state index contributed by atoms with van der Waals surface area (Å²) in [4.78, 5) is 0. The molecule has 0 N–H and O–H groups in total. The Hall–Kier alpha value is -0.780. The number of unbranched alkanes of at least 4 members (excludes halogenated alkanes) is 1.